The van der Waals surface area contributed by atoms with E-state index < -0.39 is 0 Å². The third-order valence-corrected chi connectivity index (χ3v) is 3.66. The number of aliphatic hydroxyl groups is 1. The average molecular weight is 299 g/mol. The Balaban J connectivity index is 1.82. The molecule has 1 atom stereocenters. The van der Waals surface area contributed by atoms with E-state index in [1.54, 1.807) is 0 Å². The first kappa shape index (κ1) is 13.0. The highest BCUT2D eigenvalue weighted by molar-refractivity contribution is 9.10. The molecule has 1 unspecified atom stereocenters. The number of rotatable bonds is 4. The number of hydrogen-bond acceptors (Lipinski definition) is 3. The van der Waals surface area contributed by atoms with Gasteiger partial charge in [-0.05, 0) is 24.1 Å². The van der Waals surface area contributed by atoms with Crippen molar-refractivity contribution in [3.63, 3.8) is 0 Å². The van der Waals surface area contributed by atoms with E-state index in [1.807, 2.05) is 24.3 Å². The molecular weight excluding hydrogens is 280 g/mol. The van der Waals surface area contributed by atoms with Crippen LogP contribution in [-0.4, -0.2) is 42.7 Å². The predicted octanol–water partition coefficient (Wildman–Crippen LogP) is 1.78. The number of halogens is 1. The van der Waals surface area contributed by atoms with E-state index in [4.69, 9.17) is 0 Å². The minimum atomic E-state index is -0.359. The van der Waals surface area contributed by atoms with Crippen molar-refractivity contribution in [3.05, 3.63) is 34.3 Å². The molecule has 1 aromatic rings. The van der Waals surface area contributed by atoms with E-state index in [0.29, 0.717) is 0 Å². The molecule has 1 fully saturated rings. The van der Waals surface area contributed by atoms with Gasteiger partial charge in [0.15, 0.2) is 0 Å². The van der Waals surface area contributed by atoms with Crippen LogP contribution >= 0.6 is 15.9 Å². The Morgan fingerprint density at radius 1 is 1.35 bits per heavy atom. The van der Waals surface area contributed by atoms with Crippen LogP contribution in [-0.2, 0) is 0 Å². The van der Waals surface area contributed by atoms with E-state index in [-0.39, 0.29) is 6.10 Å². The van der Waals surface area contributed by atoms with Crippen molar-refractivity contribution in [2.75, 3.05) is 32.7 Å². The van der Waals surface area contributed by atoms with Gasteiger partial charge in [-0.25, -0.2) is 0 Å². The number of benzene rings is 1. The number of nitrogens with one attached hydrogen (secondary N) is 1. The standard InChI is InChI=1S/C13H19BrN2O/c14-12-3-1-2-11(10-12)13(17)4-7-16-8-5-15-6-9-16/h1-3,10,13,15,17H,4-9H2. The third-order valence-electron chi connectivity index (χ3n) is 3.16. The monoisotopic (exact) mass is 298 g/mol. The molecule has 1 saturated heterocycles. The van der Waals surface area contributed by atoms with Crippen molar-refractivity contribution in [1.29, 1.82) is 0 Å². The highest BCUT2D eigenvalue weighted by Crippen LogP contribution is 2.20. The van der Waals surface area contributed by atoms with Gasteiger partial charge in [0.2, 0.25) is 0 Å². The van der Waals surface area contributed by atoms with Gasteiger partial charge < -0.3 is 15.3 Å². The van der Waals surface area contributed by atoms with Crippen LogP contribution in [0.5, 0.6) is 0 Å². The van der Waals surface area contributed by atoms with Crippen LogP contribution in [0.25, 0.3) is 0 Å². The van der Waals surface area contributed by atoms with Crippen LogP contribution in [0.4, 0.5) is 0 Å². The minimum Gasteiger partial charge on any atom is -0.388 e. The largest absolute Gasteiger partial charge is 0.388 e. The first-order valence-electron chi connectivity index (χ1n) is 6.12. The molecule has 1 heterocycles. The molecule has 1 aliphatic heterocycles. The molecule has 0 bridgehead atoms. The van der Waals surface area contributed by atoms with Gasteiger partial charge in [-0.15, -0.1) is 0 Å². The smallest absolute Gasteiger partial charge is 0.0802 e. The third kappa shape index (κ3) is 4.07. The van der Waals surface area contributed by atoms with Gasteiger partial charge in [0.1, 0.15) is 0 Å². The van der Waals surface area contributed by atoms with Crippen LogP contribution in [0.1, 0.15) is 18.1 Å². The molecule has 4 heteroatoms. The predicted molar refractivity (Wildman–Crippen MR) is 73.0 cm³/mol. The Bertz CT molecular complexity index is 353. The highest BCUT2D eigenvalue weighted by Gasteiger charge is 2.13. The summed E-state index contributed by atoms with van der Waals surface area (Å²) in [6.07, 6.45) is 0.443. The number of hydrogen-bond donors (Lipinski definition) is 2. The van der Waals surface area contributed by atoms with E-state index >= 15 is 0 Å². The van der Waals surface area contributed by atoms with Crippen molar-refractivity contribution < 1.29 is 5.11 Å². The molecular formula is C13H19BrN2O. The van der Waals surface area contributed by atoms with Gasteiger partial charge in [0.25, 0.3) is 0 Å². The maximum Gasteiger partial charge on any atom is 0.0802 e. The molecule has 0 saturated carbocycles. The molecule has 3 nitrogen and oxygen atoms in total. The maximum atomic E-state index is 10.1. The van der Waals surface area contributed by atoms with Crippen molar-refractivity contribution in [1.82, 2.24) is 10.2 Å². The number of piperazine rings is 1. The van der Waals surface area contributed by atoms with E-state index in [9.17, 15) is 5.11 Å². The first-order chi connectivity index (χ1) is 8.25. The molecule has 0 spiro atoms. The summed E-state index contributed by atoms with van der Waals surface area (Å²) in [7, 11) is 0. The van der Waals surface area contributed by atoms with Gasteiger partial charge in [-0.1, -0.05) is 28.1 Å². The number of aliphatic hydroxyl groups excluding tert-OH is 1. The summed E-state index contributed by atoms with van der Waals surface area (Å²) in [6, 6.07) is 7.91. The van der Waals surface area contributed by atoms with Crippen LogP contribution in [0, 0.1) is 0 Å². The van der Waals surface area contributed by atoms with E-state index in [0.717, 1.165) is 49.2 Å². The fourth-order valence-corrected chi connectivity index (χ4v) is 2.54. The molecule has 94 valence electrons. The lowest BCUT2D eigenvalue weighted by molar-refractivity contribution is 0.136. The fraction of sp³-hybridized carbons (Fsp3) is 0.538. The van der Waals surface area contributed by atoms with Gasteiger partial charge in [-0.3, -0.25) is 0 Å². The molecule has 0 radical (unpaired) electrons. The summed E-state index contributed by atoms with van der Waals surface area (Å²) >= 11 is 3.43. The highest BCUT2D eigenvalue weighted by atomic mass is 79.9. The number of nitrogens with zero attached hydrogens (tertiary/aromatic N) is 1. The van der Waals surface area contributed by atoms with Gasteiger partial charge in [0.05, 0.1) is 6.10 Å². The second kappa shape index (κ2) is 6.50. The van der Waals surface area contributed by atoms with Crippen molar-refractivity contribution in [2.45, 2.75) is 12.5 Å². The van der Waals surface area contributed by atoms with Gasteiger partial charge >= 0.3 is 0 Å². The Labute approximate surface area is 111 Å². The zero-order valence-electron chi connectivity index (χ0n) is 9.90. The molecule has 0 aliphatic carbocycles. The van der Waals surface area contributed by atoms with Crippen molar-refractivity contribution in [2.24, 2.45) is 0 Å². The summed E-state index contributed by atoms with van der Waals surface area (Å²) in [5.74, 6) is 0. The van der Waals surface area contributed by atoms with Crippen LogP contribution in [0.3, 0.4) is 0 Å². The lowest BCUT2D eigenvalue weighted by Crippen LogP contribution is -2.44. The van der Waals surface area contributed by atoms with Crippen LogP contribution < -0.4 is 5.32 Å². The van der Waals surface area contributed by atoms with E-state index in [1.165, 1.54) is 0 Å². The first-order valence-corrected chi connectivity index (χ1v) is 6.91. The quantitative estimate of drug-likeness (QED) is 0.889. The van der Waals surface area contributed by atoms with Gasteiger partial charge in [-0.2, -0.15) is 0 Å². The zero-order valence-corrected chi connectivity index (χ0v) is 11.5. The summed E-state index contributed by atoms with van der Waals surface area (Å²) in [5, 5.41) is 13.4. The van der Waals surface area contributed by atoms with Crippen molar-refractivity contribution >= 4 is 15.9 Å². The second-order valence-corrected chi connectivity index (χ2v) is 5.37. The van der Waals surface area contributed by atoms with E-state index in [2.05, 4.69) is 26.1 Å². The summed E-state index contributed by atoms with van der Waals surface area (Å²) in [5.41, 5.74) is 0.995. The SMILES string of the molecule is OC(CCN1CCNCC1)c1cccc(Br)c1. The lowest BCUT2D eigenvalue weighted by atomic mass is 10.1. The Hall–Kier alpha value is -0.420. The van der Waals surface area contributed by atoms with Crippen molar-refractivity contribution in [3.8, 4) is 0 Å². The Morgan fingerprint density at radius 2 is 2.12 bits per heavy atom. The summed E-state index contributed by atoms with van der Waals surface area (Å²) < 4.78 is 1.02. The average Bonchev–Trinajstić information content (AvgIpc) is 2.37. The van der Waals surface area contributed by atoms with Crippen LogP contribution in [0.2, 0.25) is 0 Å². The van der Waals surface area contributed by atoms with Crippen LogP contribution in [0.15, 0.2) is 28.7 Å². The molecule has 17 heavy (non-hydrogen) atoms. The molecule has 2 rings (SSSR count). The lowest BCUT2D eigenvalue weighted by Gasteiger charge is -2.28. The molecule has 1 aliphatic rings. The second-order valence-electron chi connectivity index (χ2n) is 4.45. The molecule has 1 aromatic carbocycles. The fourth-order valence-electron chi connectivity index (χ4n) is 2.12. The summed E-state index contributed by atoms with van der Waals surface area (Å²) in [6.45, 7) is 5.27. The molecule has 2 N–H and O–H groups in total. The minimum absolute atomic E-state index is 0.359. The summed E-state index contributed by atoms with van der Waals surface area (Å²) in [4.78, 5) is 2.40. The maximum absolute atomic E-state index is 10.1. The topological polar surface area (TPSA) is 35.5 Å². The molecule has 0 amide bonds. The molecule has 0 aromatic heterocycles. The Morgan fingerprint density at radius 3 is 2.82 bits per heavy atom. The van der Waals surface area contributed by atoms with Gasteiger partial charge in [0, 0.05) is 37.2 Å². The zero-order chi connectivity index (χ0) is 12.1. The normalized spacial score (nSPS) is 19.2. The Kier molecular flexibility index (Phi) is 4.98.